The van der Waals surface area contributed by atoms with Crippen LogP contribution < -0.4 is 5.32 Å². The predicted molar refractivity (Wildman–Crippen MR) is 66.2 cm³/mol. The van der Waals surface area contributed by atoms with Gasteiger partial charge >= 0.3 is 0 Å². The Morgan fingerprint density at radius 2 is 1.89 bits per heavy atom. The Kier molecular flexibility index (Phi) is 3.08. The number of hydrogen-bond donors (Lipinski definition) is 1. The molecule has 3 rings (SSSR count). The molecule has 0 saturated carbocycles. The first kappa shape index (κ1) is 12.1. The van der Waals surface area contributed by atoms with Gasteiger partial charge in [0.2, 0.25) is 0 Å². The first-order valence-corrected chi connectivity index (χ1v) is 6.55. The highest BCUT2D eigenvalue weighted by atomic mass is 19.1. The molecule has 2 nitrogen and oxygen atoms in total. The topological polar surface area (TPSA) is 15.3 Å². The van der Waals surface area contributed by atoms with Crippen LogP contribution in [0.25, 0.3) is 0 Å². The summed E-state index contributed by atoms with van der Waals surface area (Å²) in [5, 5.41) is 3.39. The Labute approximate surface area is 106 Å². The van der Waals surface area contributed by atoms with Gasteiger partial charge in [-0.2, -0.15) is 0 Å². The molecule has 1 N–H and O–H groups in total. The van der Waals surface area contributed by atoms with Crippen molar-refractivity contribution in [3.63, 3.8) is 0 Å². The summed E-state index contributed by atoms with van der Waals surface area (Å²) in [6, 6.07) is 3.91. The summed E-state index contributed by atoms with van der Waals surface area (Å²) in [5.74, 6) is 0.440. The van der Waals surface area contributed by atoms with Crippen LogP contribution in [0.1, 0.15) is 18.5 Å². The normalized spacial score (nSPS) is 29.5. The van der Waals surface area contributed by atoms with E-state index in [2.05, 4.69) is 10.2 Å². The maximum absolute atomic E-state index is 13.8. The number of benzene rings is 1. The van der Waals surface area contributed by atoms with E-state index in [-0.39, 0.29) is 6.04 Å². The smallest absolute Gasteiger partial charge is 0.130 e. The number of nitrogens with zero attached hydrogens (tertiary/aromatic N) is 1. The molecule has 18 heavy (non-hydrogen) atoms. The molecule has 3 atom stereocenters. The third kappa shape index (κ3) is 2.04. The molecule has 2 fully saturated rings. The molecule has 0 bridgehead atoms. The van der Waals surface area contributed by atoms with Gasteiger partial charge in [-0.05, 0) is 37.9 Å². The molecule has 2 saturated heterocycles. The van der Waals surface area contributed by atoms with Crippen molar-refractivity contribution < 1.29 is 8.78 Å². The van der Waals surface area contributed by atoms with Gasteiger partial charge in [0, 0.05) is 30.8 Å². The number of likely N-dealkylation sites (tertiary alicyclic amines) is 1. The summed E-state index contributed by atoms with van der Waals surface area (Å²) in [6.07, 6.45) is 0. The van der Waals surface area contributed by atoms with Crippen LogP contribution in [0.2, 0.25) is 0 Å². The molecule has 2 aliphatic heterocycles. The Morgan fingerprint density at radius 1 is 1.22 bits per heavy atom. The van der Waals surface area contributed by atoms with E-state index in [1.807, 2.05) is 6.92 Å². The number of halogens is 2. The maximum atomic E-state index is 13.8. The van der Waals surface area contributed by atoms with Crippen LogP contribution in [0.4, 0.5) is 8.78 Å². The van der Waals surface area contributed by atoms with Gasteiger partial charge in [-0.1, -0.05) is 6.07 Å². The Morgan fingerprint density at radius 3 is 2.50 bits per heavy atom. The maximum Gasteiger partial charge on any atom is 0.130 e. The fraction of sp³-hybridized carbons (Fsp3) is 0.571. The zero-order valence-corrected chi connectivity index (χ0v) is 10.5. The number of hydrogen-bond acceptors (Lipinski definition) is 2. The first-order valence-electron chi connectivity index (χ1n) is 6.55. The van der Waals surface area contributed by atoms with Crippen molar-refractivity contribution in [3.05, 3.63) is 35.4 Å². The molecule has 1 aromatic carbocycles. The van der Waals surface area contributed by atoms with Crippen LogP contribution in [0.3, 0.4) is 0 Å². The Bertz CT molecular complexity index is 437. The first-order chi connectivity index (χ1) is 8.65. The molecule has 2 aliphatic rings. The van der Waals surface area contributed by atoms with Crippen LogP contribution in [0, 0.1) is 23.5 Å². The largest absolute Gasteiger partial charge is 0.316 e. The summed E-state index contributed by atoms with van der Waals surface area (Å²) in [6.45, 7) is 6.16. The second-order valence-electron chi connectivity index (χ2n) is 5.47. The summed E-state index contributed by atoms with van der Waals surface area (Å²) in [5.41, 5.74) is 0.601. The molecule has 0 amide bonds. The molecular weight excluding hydrogens is 234 g/mol. The van der Waals surface area contributed by atoms with Gasteiger partial charge in [0.05, 0.1) is 0 Å². The highest BCUT2D eigenvalue weighted by Crippen LogP contribution is 2.33. The molecule has 1 aromatic rings. The number of nitrogens with one attached hydrogen (secondary N) is 1. The zero-order valence-electron chi connectivity index (χ0n) is 10.5. The van der Waals surface area contributed by atoms with E-state index in [0.717, 1.165) is 32.2 Å². The van der Waals surface area contributed by atoms with E-state index in [0.29, 0.717) is 17.4 Å². The summed E-state index contributed by atoms with van der Waals surface area (Å²) >= 11 is 0. The third-order valence-corrected chi connectivity index (χ3v) is 4.38. The lowest BCUT2D eigenvalue weighted by molar-refractivity contribution is 0.239. The Hall–Kier alpha value is -1.00. The average Bonchev–Trinajstić information content (AvgIpc) is 2.87. The second kappa shape index (κ2) is 4.59. The van der Waals surface area contributed by atoms with Crippen molar-refractivity contribution in [1.29, 1.82) is 0 Å². The SMILES string of the molecule is CC(c1ccc(F)cc1F)N1C[C@H]2CNC[C@H]2C1. The van der Waals surface area contributed by atoms with Gasteiger partial charge in [-0.25, -0.2) is 8.78 Å². The predicted octanol–water partition coefficient (Wildman–Crippen LogP) is 2.18. The zero-order chi connectivity index (χ0) is 12.7. The van der Waals surface area contributed by atoms with E-state index >= 15 is 0 Å². The van der Waals surface area contributed by atoms with Crippen molar-refractivity contribution in [2.45, 2.75) is 13.0 Å². The summed E-state index contributed by atoms with van der Waals surface area (Å²) < 4.78 is 26.7. The molecule has 0 aromatic heterocycles. The lowest BCUT2D eigenvalue weighted by Crippen LogP contribution is -2.29. The van der Waals surface area contributed by atoms with E-state index < -0.39 is 11.6 Å². The molecule has 0 spiro atoms. The number of rotatable bonds is 2. The fourth-order valence-electron chi connectivity index (χ4n) is 3.24. The average molecular weight is 252 g/mol. The minimum absolute atomic E-state index is 0.0243. The van der Waals surface area contributed by atoms with Gasteiger partial charge in [-0.3, -0.25) is 4.90 Å². The van der Waals surface area contributed by atoms with Gasteiger partial charge in [0.1, 0.15) is 11.6 Å². The Balaban J connectivity index is 1.76. The molecule has 4 heteroatoms. The van der Waals surface area contributed by atoms with E-state index in [1.54, 1.807) is 6.07 Å². The van der Waals surface area contributed by atoms with Crippen molar-refractivity contribution in [3.8, 4) is 0 Å². The van der Waals surface area contributed by atoms with Crippen molar-refractivity contribution in [2.75, 3.05) is 26.2 Å². The third-order valence-electron chi connectivity index (χ3n) is 4.38. The van der Waals surface area contributed by atoms with Crippen LogP contribution in [0.5, 0.6) is 0 Å². The van der Waals surface area contributed by atoms with Crippen molar-refractivity contribution in [1.82, 2.24) is 10.2 Å². The lowest BCUT2D eigenvalue weighted by Gasteiger charge is -2.25. The van der Waals surface area contributed by atoms with Gasteiger partial charge in [0.25, 0.3) is 0 Å². The molecule has 0 aliphatic carbocycles. The van der Waals surface area contributed by atoms with Gasteiger partial charge in [0.15, 0.2) is 0 Å². The van der Waals surface area contributed by atoms with Crippen molar-refractivity contribution >= 4 is 0 Å². The van der Waals surface area contributed by atoms with E-state index in [1.165, 1.54) is 6.07 Å². The van der Waals surface area contributed by atoms with Crippen LogP contribution >= 0.6 is 0 Å². The minimum Gasteiger partial charge on any atom is -0.316 e. The fourth-order valence-corrected chi connectivity index (χ4v) is 3.24. The molecule has 1 unspecified atom stereocenters. The van der Waals surface area contributed by atoms with Crippen LogP contribution in [-0.4, -0.2) is 31.1 Å². The van der Waals surface area contributed by atoms with Crippen molar-refractivity contribution in [2.24, 2.45) is 11.8 Å². The summed E-state index contributed by atoms with van der Waals surface area (Å²) in [4.78, 5) is 2.31. The highest BCUT2D eigenvalue weighted by Gasteiger charge is 2.38. The second-order valence-corrected chi connectivity index (χ2v) is 5.47. The monoisotopic (exact) mass is 252 g/mol. The standard InChI is InChI=1S/C14H18F2N2/c1-9(13-3-2-12(15)4-14(13)16)18-7-10-5-17-6-11(10)8-18/h2-4,9-11,17H,5-8H2,1H3/t9?,10-,11+. The highest BCUT2D eigenvalue weighted by molar-refractivity contribution is 5.22. The van der Waals surface area contributed by atoms with Crippen LogP contribution in [-0.2, 0) is 0 Å². The van der Waals surface area contributed by atoms with E-state index in [9.17, 15) is 8.78 Å². The van der Waals surface area contributed by atoms with Crippen LogP contribution in [0.15, 0.2) is 18.2 Å². The minimum atomic E-state index is -0.508. The van der Waals surface area contributed by atoms with Gasteiger partial charge in [-0.15, -0.1) is 0 Å². The lowest BCUT2D eigenvalue weighted by atomic mass is 10.0. The molecule has 98 valence electrons. The van der Waals surface area contributed by atoms with Gasteiger partial charge < -0.3 is 5.32 Å². The quantitative estimate of drug-likeness (QED) is 0.868. The number of fused-ring (bicyclic) bond motifs is 1. The molecular formula is C14H18F2N2. The molecule has 2 heterocycles. The summed E-state index contributed by atoms with van der Waals surface area (Å²) in [7, 11) is 0. The van der Waals surface area contributed by atoms with E-state index in [4.69, 9.17) is 0 Å². The molecule has 0 radical (unpaired) electrons.